The van der Waals surface area contributed by atoms with Crippen molar-refractivity contribution in [1.82, 2.24) is 14.5 Å². The number of aromatic nitrogens is 3. The van der Waals surface area contributed by atoms with Crippen molar-refractivity contribution >= 4 is 45.9 Å². The summed E-state index contributed by atoms with van der Waals surface area (Å²) < 4.78 is 12.8. The van der Waals surface area contributed by atoms with Crippen LogP contribution in [0.4, 0.5) is 5.82 Å². The molecule has 174 valence electrons. The van der Waals surface area contributed by atoms with Gasteiger partial charge in [0.05, 0.1) is 46.3 Å². The molecule has 1 fully saturated rings. The lowest BCUT2D eigenvalue weighted by Gasteiger charge is -2.27. The Labute approximate surface area is 206 Å². The van der Waals surface area contributed by atoms with E-state index in [-0.39, 0.29) is 6.04 Å². The average molecular weight is 497 g/mol. The zero-order valence-corrected chi connectivity index (χ0v) is 20.0. The van der Waals surface area contributed by atoms with Crippen molar-refractivity contribution in [2.45, 2.75) is 18.9 Å². The van der Waals surface area contributed by atoms with Crippen molar-refractivity contribution < 1.29 is 14.3 Å². The van der Waals surface area contributed by atoms with E-state index < -0.39 is 5.97 Å². The second-order valence-electron chi connectivity index (χ2n) is 8.05. The van der Waals surface area contributed by atoms with E-state index in [0.717, 1.165) is 36.3 Å². The van der Waals surface area contributed by atoms with Crippen LogP contribution < -0.4 is 9.64 Å². The number of methoxy groups -OCH3 is 1. The van der Waals surface area contributed by atoms with Gasteiger partial charge in [-0.15, -0.1) is 0 Å². The summed E-state index contributed by atoms with van der Waals surface area (Å²) >= 11 is 12.9. The summed E-state index contributed by atoms with van der Waals surface area (Å²) in [5.41, 5.74) is 2.03. The fourth-order valence-corrected chi connectivity index (χ4v) is 4.66. The summed E-state index contributed by atoms with van der Waals surface area (Å²) in [5, 5.41) is 1.78. The Morgan fingerprint density at radius 2 is 2.09 bits per heavy atom. The highest BCUT2D eigenvalue weighted by atomic mass is 35.5. The molecule has 34 heavy (non-hydrogen) atoms. The number of imidazole rings is 1. The number of fused-ring (bicyclic) bond motifs is 1. The number of hydrogen-bond donors (Lipinski definition) is 0. The Morgan fingerprint density at radius 1 is 1.21 bits per heavy atom. The van der Waals surface area contributed by atoms with Gasteiger partial charge in [-0.1, -0.05) is 29.3 Å². The first-order valence-corrected chi connectivity index (χ1v) is 11.7. The third-order valence-corrected chi connectivity index (χ3v) is 6.78. The molecule has 0 amide bonds. The summed E-state index contributed by atoms with van der Waals surface area (Å²) in [6, 6.07) is 12.9. The topological polar surface area (TPSA) is 69.5 Å². The molecule has 2 aromatic heterocycles. The predicted molar refractivity (Wildman–Crippen MR) is 133 cm³/mol. The van der Waals surface area contributed by atoms with Crippen LogP contribution in [0.15, 0.2) is 61.2 Å². The molecule has 1 aliphatic heterocycles. The van der Waals surface area contributed by atoms with E-state index in [1.54, 1.807) is 36.8 Å². The van der Waals surface area contributed by atoms with Crippen LogP contribution in [-0.4, -0.2) is 46.8 Å². The average Bonchev–Trinajstić information content (AvgIpc) is 3.57. The Kier molecular flexibility index (Phi) is 6.30. The molecular weight excluding hydrogens is 475 g/mol. The van der Waals surface area contributed by atoms with E-state index >= 15 is 0 Å². The molecule has 0 N–H and O–H groups in total. The van der Waals surface area contributed by atoms with Crippen molar-refractivity contribution in [3.8, 4) is 11.4 Å². The number of ether oxygens (including phenoxy) is 2. The Morgan fingerprint density at radius 3 is 2.88 bits per heavy atom. The second-order valence-corrected chi connectivity index (χ2v) is 8.83. The smallest absolute Gasteiger partial charge is 0.337 e. The second kappa shape index (κ2) is 9.52. The number of hydrogen-bond acceptors (Lipinski definition) is 6. The molecule has 3 heterocycles. The van der Waals surface area contributed by atoms with Crippen LogP contribution in [0, 0.1) is 0 Å². The van der Waals surface area contributed by atoms with Crippen molar-refractivity contribution in [3.63, 3.8) is 0 Å². The highest BCUT2D eigenvalue weighted by molar-refractivity contribution is 6.45. The highest BCUT2D eigenvalue weighted by Crippen LogP contribution is 2.36. The molecule has 1 saturated heterocycles. The largest absolute Gasteiger partial charge is 0.491 e. The summed E-state index contributed by atoms with van der Waals surface area (Å²) in [5.74, 6) is 1.03. The maximum Gasteiger partial charge on any atom is 0.337 e. The molecule has 0 radical (unpaired) electrons. The molecule has 4 aromatic rings. The zero-order chi connectivity index (χ0) is 23.7. The summed E-state index contributed by atoms with van der Waals surface area (Å²) in [6.07, 6.45) is 7.35. The predicted octanol–water partition coefficient (Wildman–Crippen LogP) is 5.56. The van der Waals surface area contributed by atoms with Crippen molar-refractivity contribution in [2.24, 2.45) is 0 Å². The quantitative estimate of drug-likeness (QED) is 0.325. The lowest BCUT2D eigenvalue weighted by atomic mass is 10.1. The van der Waals surface area contributed by atoms with Gasteiger partial charge in [-0.25, -0.2) is 14.8 Å². The minimum absolute atomic E-state index is 0.111. The number of esters is 1. The number of halogens is 2. The molecule has 1 atom stereocenters. The number of rotatable bonds is 6. The first kappa shape index (κ1) is 22.5. The third-order valence-electron chi connectivity index (χ3n) is 5.99. The van der Waals surface area contributed by atoms with Gasteiger partial charge in [-0.3, -0.25) is 0 Å². The Bertz CT molecular complexity index is 1340. The maximum atomic E-state index is 11.8. The van der Waals surface area contributed by atoms with E-state index in [1.807, 2.05) is 29.0 Å². The van der Waals surface area contributed by atoms with Gasteiger partial charge in [-0.05, 0) is 43.2 Å². The van der Waals surface area contributed by atoms with E-state index in [0.29, 0.717) is 33.5 Å². The minimum atomic E-state index is -0.393. The van der Waals surface area contributed by atoms with E-state index in [9.17, 15) is 4.79 Å². The number of pyridine rings is 1. The summed E-state index contributed by atoms with van der Waals surface area (Å²) in [7, 11) is 1.36. The first-order valence-electron chi connectivity index (χ1n) is 10.9. The van der Waals surface area contributed by atoms with E-state index in [2.05, 4.69) is 9.88 Å². The van der Waals surface area contributed by atoms with Gasteiger partial charge in [0, 0.05) is 30.4 Å². The molecule has 0 aliphatic carbocycles. The van der Waals surface area contributed by atoms with Crippen LogP contribution in [0.5, 0.6) is 5.75 Å². The van der Waals surface area contributed by atoms with E-state index in [4.69, 9.17) is 37.7 Å². The lowest BCUT2D eigenvalue weighted by Crippen LogP contribution is -2.35. The maximum absolute atomic E-state index is 11.8. The number of carbonyl (C=O) groups excluding carboxylic acids is 1. The van der Waals surface area contributed by atoms with Crippen LogP contribution in [-0.2, 0) is 4.74 Å². The van der Waals surface area contributed by atoms with Gasteiger partial charge in [0.2, 0.25) is 0 Å². The Hall–Kier alpha value is -3.29. The first-order chi connectivity index (χ1) is 16.5. The Balaban J connectivity index is 1.46. The van der Waals surface area contributed by atoms with Crippen molar-refractivity contribution in [1.29, 1.82) is 0 Å². The van der Waals surface area contributed by atoms with Gasteiger partial charge >= 0.3 is 5.97 Å². The van der Waals surface area contributed by atoms with Crippen molar-refractivity contribution in [2.75, 3.05) is 25.2 Å². The highest BCUT2D eigenvalue weighted by Gasteiger charge is 2.28. The van der Waals surface area contributed by atoms with Crippen LogP contribution >= 0.6 is 23.2 Å². The van der Waals surface area contributed by atoms with Crippen molar-refractivity contribution in [3.05, 3.63) is 76.8 Å². The number of anilines is 1. The molecule has 7 nitrogen and oxygen atoms in total. The van der Waals surface area contributed by atoms with E-state index in [1.165, 1.54) is 7.11 Å². The minimum Gasteiger partial charge on any atom is -0.491 e. The normalized spacial score (nSPS) is 15.6. The molecule has 2 aromatic carbocycles. The molecule has 0 bridgehead atoms. The third kappa shape index (κ3) is 4.29. The molecule has 0 unspecified atom stereocenters. The van der Waals surface area contributed by atoms with Crippen LogP contribution in [0.2, 0.25) is 10.0 Å². The monoisotopic (exact) mass is 496 g/mol. The van der Waals surface area contributed by atoms with Gasteiger partial charge in [0.1, 0.15) is 18.2 Å². The molecule has 0 saturated carbocycles. The lowest BCUT2D eigenvalue weighted by molar-refractivity contribution is 0.0600. The van der Waals surface area contributed by atoms with Gasteiger partial charge in [0.15, 0.2) is 0 Å². The fourth-order valence-electron chi connectivity index (χ4n) is 4.30. The molecule has 9 heteroatoms. The number of carbonyl (C=O) groups is 1. The van der Waals surface area contributed by atoms with Gasteiger partial charge < -0.3 is 18.9 Å². The van der Waals surface area contributed by atoms with Gasteiger partial charge in [0.25, 0.3) is 0 Å². The molecule has 0 spiro atoms. The van der Waals surface area contributed by atoms with Gasteiger partial charge in [-0.2, -0.15) is 0 Å². The number of benzene rings is 2. The molecule has 5 rings (SSSR count). The van der Waals surface area contributed by atoms with Crippen LogP contribution in [0.3, 0.4) is 0 Å². The summed E-state index contributed by atoms with van der Waals surface area (Å²) in [6.45, 7) is 1.30. The van der Waals surface area contributed by atoms with Crippen LogP contribution in [0.25, 0.3) is 16.6 Å². The fraction of sp³-hybridized carbons (Fsp3) is 0.240. The van der Waals surface area contributed by atoms with Crippen LogP contribution in [0.1, 0.15) is 23.2 Å². The standard InChI is InChI=1S/C25H22Cl2N4O3/c1-33-25(32)16-4-2-6-18(12-16)34-14-17-5-3-10-31(17)22-13-21(30-11-9-28-15-30)19-7-8-20(26)23(27)24(19)29-22/h2,4,6-9,11-13,15,17H,3,5,10,14H2,1H3/t17-/m0/s1. The summed E-state index contributed by atoms with van der Waals surface area (Å²) in [4.78, 5) is 23.2. The SMILES string of the molecule is COC(=O)c1cccc(OC[C@@H]2CCCN2c2cc(-n3ccnc3)c3ccc(Cl)c(Cl)c3n2)c1. The number of nitrogens with zero attached hydrogens (tertiary/aromatic N) is 4. The molecule has 1 aliphatic rings. The molecular formula is C25H22Cl2N4O3. The zero-order valence-electron chi connectivity index (χ0n) is 18.4.